The van der Waals surface area contributed by atoms with Gasteiger partial charge < -0.3 is 19.5 Å². The Balaban J connectivity index is 1.71. The van der Waals surface area contributed by atoms with Crippen LogP contribution in [0.4, 0.5) is 0 Å². The normalized spacial score (nSPS) is 15.5. The lowest BCUT2D eigenvalue weighted by Gasteiger charge is -2.24. The number of amides is 1. The Hall–Kier alpha value is -2.68. The summed E-state index contributed by atoms with van der Waals surface area (Å²) in [6.45, 7) is 2.36. The van der Waals surface area contributed by atoms with E-state index in [2.05, 4.69) is 10.3 Å². The van der Waals surface area contributed by atoms with Crippen molar-refractivity contribution in [1.82, 2.24) is 14.9 Å². The topological polar surface area (TPSA) is 91.7 Å². The molecule has 1 atom stereocenters. The predicted octanol–water partition coefficient (Wildman–Crippen LogP) is 1.62. The molecule has 0 saturated heterocycles. The Labute approximate surface area is 167 Å². The molecule has 2 heterocycles. The summed E-state index contributed by atoms with van der Waals surface area (Å²) in [6.07, 6.45) is 1.58. The summed E-state index contributed by atoms with van der Waals surface area (Å²) >= 11 is 1.42. The van der Waals surface area contributed by atoms with Gasteiger partial charge in [-0.1, -0.05) is 11.8 Å². The number of carbonyl (C=O) groups excluding carboxylic acids is 1. The van der Waals surface area contributed by atoms with E-state index in [0.29, 0.717) is 46.8 Å². The number of nitrogens with one attached hydrogen (secondary N) is 1. The van der Waals surface area contributed by atoms with Crippen LogP contribution in [0.25, 0.3) is 0 Å². The molecule has 0 spiro atoms. The highest BCUT2D eigenvalue weighted by Crippen LogP contribution is 2.38. The van der Waals surface area contributed by atoms with Crippen molar-refractivity contribution in [2.75, 3.05) is 27.1 Å². The Kier molecular flexibility index (Phi) is 6.13. The molecule has 3 rings (SSSR count). The van der Waals surface area contributed by atoms with Gasteiger partial charge in [-0.2, -0.15) is 0 Å². The second kappa shape index (κ2) is 8.55. The third kappa shape index (κ3) is 3.94. The predicted molar refractivity (Wildman–Crippen MR) is 105 cm³/mol. The molecule has 150 valence electrons. The molecule has 2 aromatic rings. The fourth-order valence-corrected chi connectivity index (χ4v) is 4.08. The molecule has 1 aromatic heterocycles. The van der Waals surface area contributed by atoms with Crippen molar-refractivity contribution in [3.8, 4) is 17.2 Å². The van der Waals surface area contributed by atoms with Crippen LogP contribution in [0.5, 0.6) is 17.2 Å². The third-order valence-electron chi connectivity index (χ3n) is 4.56. The molecular formula is C19H23N3O5S. The van der Waals surface area contributed by atoms with Crippen molar-refractivity contribution >= 4 is 17.7 Å². The number of methoxy groups -OCH3 is 3. The highest BCUT2D eigenvalue weighted by atomic mass is 32.2. The highest BCUT2D eigenvalue weighted by Gasteiger charge is 2.27. The van der Waals surface area contributed by atoms with Gasteiger partial charge in [0.1, 0.15) is 0 Å². The van der Waals surface area contributed by atoms with Crippen LogP contribution in [0.3, 0.4) is 0 Å². The average molecular weight is 405 g/mol. The standard InChI is InChI=1S/C19H23N3O5S/c1-11-7-21-19-22(18(11)24)9-13(10-28-19)17(23)20-8-12-5-14(25-2)16(27-4)15(6-12)26-3/h5-7,13H,8-10H2,1-4H3,(H,20,23)/t13-/m0/s1. The minimum absolute atomic E-state index is 0.0976. The summed E-state index contributed by atoms with van der Waals surface area (Å²) < 4.78 is 17.6. The maximum absolute atomic E-state index is 12.7. The number of thioether (sulfide) groups is 1. The molecule has 0 saturated carbocycles. The Morgan fingerprint density at radius 1 is 1.25 bits per heavy atom. The zero-order valence-electron chi connectivity index (χ0n) is 16.3. The van der Waals surface area contributed by atoms with Gasteiger partial charge in [0.2, 0.25) is 11.7 Å². The molecule has 8 nitrogen and oxygen atoms in total. The molecular weight excluding hydrogens is 382 g/mol. The zero-order chi connectivity index (χ0) is 20.3. The lowest BCUT2D eigenvalue weighted by molar-refractivity contribution is -0.125. The van der Waals surface area contributed by atoms with E-state index in [-0.39, 0.29) is 17.4 Å². The van der Waals surface area contributed by atoms with Gasteiger partial charge >= 0.3 is 0 Å². The SMILES string of the molecule is COc1cc(CNC(=O)[C@@H]2CSc3ncc(C)c(=O)n3C2)cc(OC)c1OC. The van der Waals surface area contributed by atoms with Crippen molar-refractivity contribution in [3.63, 3.8) is 0 Å². The first kappa shape index (κ1) is 20.1. The quantitative estimate of drug-likeness (QED) is 0.730. The van der Waals surface area contributed by atoms with Gasteiger partial charge in [-0.25, -0.2) is 4.98 Å². The van der Waals surface area contributed by atoms with Crippen molar-refractivity contribution < 1.29 is 19.0 Å². The fourth-order valence-electron chi connectivity index (χ4n) is 3.03. The van der Waals surface area contributed by atoms with Gasteiger partial charge in [0.05, 0.1) is 27.2 Å². The second-order valence-electron chi connectivity index (χ2n) is 6.40. The molecule has 0 aliphatic carbocycles. The first-order valence-electron chi connectivity index (χ1n) is 8.74. The maximum Gasteiger partial charge on any atom is 0.257 e. The van der Waals surface area contributed by atoms with E-state index in [1.54, 1.807) is 51.1 Å². The number of aryl methyl sites for hydroxylation is 1. The molecule has 0 fully saturated rings. The largest absolute Gasteiger partial charge is 0.493 e. The third-order valence-corrected chi connectivity index (χ3v) is 5.71. The number of nitrogens with zero attached hydrogens (tertiary/aromatic N) is 2. The van der Waals surface area contributed by atoms with E-state index in [0.717, 1.165) is 5.56 Å². The molecule has 0 bridgehead atoms. The minimum Gasteiger partial charge on any atom is -0.493 e. The van der Waals surface area contributed by atoms with Crippen LogP contribution < -0.4 is 25.1 Å². The molecule has 1 amide bonds. The first-order chi connectivity index (χ1) is 13.5. The minimum atomic E-state index is -0.305. The van der Waals surface area contributed by atoms with Crippen LogP contribution in [0.2, 0.25) is 0 Å². The number of carbonyl (C=O) groups is 1. The van der Waals surface area contributed by atoms with Gasteiger partial charge in [-0.05, 0) is 24.6 Å². The lowest BCUT2D eigenvalue weighted by Crippen LogP contribution is -2.40. The number of aromatic nitrogens is 2. The summed E-state index contributed by atoms with van der Waals surface area (Å²) in [5.74, 6) is 1.72. The maximum atomic E-state index is 12.7. The summed E-state index contributed by atoms with van der Waals surface area (Å²) in [5.41, 5.74) is 1.30. The summed E-state index contributed by atoms with van der Waals surface area (Å²) in [5, 5.41) is 3.59. The fraction of sp³-hybridized carbons (Fsp3) is 0.421. The molecule has 0 radical (unpaired) electrons. The first-order valence-corrected chi connectivity index (χ1v) is 9.72. The van der Waals surface area contributed by atoms with Crippen LogP contribution in [-0.4, -0.2) is 42.5 Å². The second-order valence-corrected chi connectivity index (χ2v) is 7.39. The monoisotopic (exact) mass is 405 g/mol. The van der Waals surface area contributed by atoms with Crippen LogP contribution in [-0.2, 0) is 17.9 Å². The van der Waals surface area contributed by atoms with Crippen molar-refractivity contribution in [1.29, 1.82) is 0 Å². The van der Waals surface area contributed by atoms with Crippen LogP contribution in [0.15, 0.2) is 28.3 Å². The van der Waals surface area contributed by atoms with Crippen LogP contribution in [0, 0.1) is 12.8 Å². The summed E-state index contributed by atoms with van der Waals surface area (Å²) in [7, 11) is 4.63. The van der Waals surface area contributed by atoms with Crippen molar-refractivity contribution in [2.24, 2.45) is 5.92 Å². The van der Waals surface area contributed by atoms with E-state index in [4.69, 9.17) is 14.2 Å². The number of ether oxygens (including phenoxy) is 3. The smallest absolute Gasteiger partial charge is 0.257 e. The van der Waals surface area contributed by atoms with Crippen molar-refractivity contribution in [2.45, 2.75) is 25.2 Å². The van der Waals surface area contributed by atoms with Crippen molar-refractivity contribution in [3.05, 3.63) is 39.8 Å². The summed E-state index contributed by atoms with van der Waals surface area (Å²) in [6, 6.07) is 3.59. The molecule has 0 unspecified atom stereocenters. The molecule has 28 heavy (non-hydrogen) atoms. The van der Waals surface area contributed by atoms with Gasteiger partial charge in [0, 0.05) is 30.6 Å². The zero-order valence-corrected chi connectivity index (χ0v) is 17.1. The lowest BCUT2D eigenvalue weighted by atomic mass is 10.1. The average Bonchev–Trinajstić information content (AvgIpc) is 2.73. The van der Waals surface area contributed by atoms with E-state index in [1.807, 2.05) is 0 Å². The van der Waals surface area contributed by atoms with E-state index >= 15 is 0 Å². The number of rotatable bonds is 6. The van der Waals surface area contributed by atoms with E-state index in [9.17, 15) is 9.59 Å². The summed E-state index contributed by atoms with van der Waals surface area (Å²) in [4.78, 5) is 29.2. The Bertz CT molecular complexity index is 919. The van der Waals surface area contributed by atoms with Gasteiger partial charge in [-0.3, -0.25) is 14.2 Å². The van der Waals surface area contributed by atoms with Crippen LogP contribution >= 0.6 is 11.8 Å². The Morgan fingerprint density at radius 2 is 1.93 bits per heavy atom. The van der Waals surface area contributed by atoms with Gasteiger partial charge in [-0.15, -0.1) is 0 Å². The number of hydrogen-bond donors (Lipinski definition) is 1. The molecule has 1 N–H and O–H groups in total. The van der Waals surface area contributed by atoms with Gasteiger partial charge in [0.25, 0.3) is 5.56 Å². The van der Waals surface area contributed by atoms with Gasteiger partial charge in [0.15, 0.2) is 16.7 Å². The van der Waals surface area contributed by atoms with E-state index < -0.39 is 0 Å². The molecule has 1 aromatic carbocycles. The Morgan fingerprint density at radius 3 is 2.54 bits per heavy atom. The van der Waals surface area contributed by atoms with Crippen LogP contribution in [0.1, 0.15) is 11.1 Å². The number of fused-ring (bicyclic) bond motifs is 1. The number of hydrogen-bond acceptors (Lipinski definition) is 7. The highest BCUT2D eigenvalue weighted by molar-refractivity contribution is 7.99. The number of benzene rings is 1. The molecule has 1 aliphatic rings. The molecule has 9 heteroatoms. The van der Waals surface area contributed by atoms with E-state index in [1.165, 1.54) is 11.8 Å². The molecule has 1 aliphatic heterocycles.